The molecule has 8 heteroatoms. The number of nitrogens with zero attached hydrogens (tertiary/aromatic N) is 1. The summed E-state index contributed by atoms with van der Waals surface area (Å²) in [5.74, 6) is 0.732. The lowest BCUT2D eigenvalue weighted by Gasteiger charge is -2.07. The van der Waals surface area contributed by atoms with Crippen LogP contribution in [0.1, 0.15) is 30.1 Å². The van der Waals surface area contributed by atoms with Gasteiger partial charge in [-0.25, -0.2) is 0 Å². The van der Waals surface area contributed by atoms with Crippen LogP contribution in [0.15, 0.2) is 22.7 Å². The molecule has 1 saturated carbocycles. The number of halogens is 2. The monoisotopic (exact) mass is 347 g/mol. The third kappa shape index (κ3) is 3.17. The van der Waals surface area contributed by atoms with Crippen LogP contribution < -0.4 is 0 Å². The predicted molar refractivity (Wildman–Crippen MR) is 79.7 cm³/mol. The first-order chi connectivity index (χ1) is 9.87. The summed E-state index contributed by atoms with van der Waals surface area (Å²) in [7, 11) is -4.24. The number of hydrogen-bond acceptors (Lipinski definition) is 3. The molecule has 1 aromatic heterocycles. The van der Waals surface area contributed by atoms with Gasteiger partial charge in [-0.05, 0) is 18.9 Å². The van der Waals surface area contributed by atoms with Gasteiger partial charge in [-0.3, -0.25) is 4.57 Å². The molecule has 1 fully saturated rings. The predicted octanol–water partition coefficient (Wildman–Crippen LogP) is 4.20. The largest absolute Gasteiger partial charge is 0.360 e. The van der Waals surface area contributed by atoms with E-state index in [0.29, 0.717) is 32.6 Å². The zero-order valence-corrected chi connectivity index (χ0v) is 13.2. The molecule has 0 unspecified atom stereocenters. The highest BCUT2D eigenvalue weighted by Gasteiger charge is 2.35. The molecule has 1 aliphatic rings. The molecule has 1 heterocycles. The summed E-state index contributed by atoms with van der Waals surface area (Å²) < 4.78 is 16.7. The summed E-state index contributed by atoms with van der Waals surface area (Å²) in [4.78, 5) is 18.6. The lowest BCUT2D eigenvalue weighted by atomic mass is 10.1. The second-order valence-corrected chi connectivity index (χ2v) is 7.50. The Bertz CT molecular complexity index is 736. The van der Waals surface area contributed by atoms with E-state index in [-0.39, 0.29) is 5.92 Å². The van der Waals surface area contributed by atoms with Crippen LogP contribution in [0.25, 0.3) is 11.3 Å². The summed E-state index contributed by atoms with van der Waals surface area (Å²) >= 11 is 12.2. The first-order valence-corrected chi connectivity index (χ1v) is 8.89. The fraction of sp³-hybridized carbons (Fsp3) is 0.308. The lowest BCUT2D eigenvalue weighted by molar-refractivity contribution is 0.368. The van der Waals surface area contributed by atoms with Crippen LogP contribution in [0.5, 0.6) is 0 Å². The van der Waals surface area contributed by atoms with E-state index in [4.69, 9.17) is 27.7 Å². The van der Waals surface area contributed by atoms with Crippen LogP contribution in [0, 0.1) is 0 Å². The van der Waals surface area contributed by atoms with Gasteiger partial charge in [0.15, 0.2) is 0 Å². The van der Waals surface area contributed by atoms with E-state index in [2.05, 4.69) is 5.16 Å². The average Bonchev–Trinajstić information content (AvgIpc) is 3.15. The Hall–Kier alpha value is -0.840. The maximum absolute atomic E-state index is 11.4. The second kappa shape index (κ2) is 5.41. The Morgan fingerprint density at radius 2 is 2.05 bits per heavy atom. The van der Waals surface area contributed by atoms with Gasteiger partial charge in [0.05, 0.1) is 16.2 Å². The van der Waals surface area contributed by atoms with E-state index in [1.165, 1.54) is 0 Å². The number of benzene rings is 1. The van der Waals surface area contributed by atoms with E-state index >= 15 is 0 Å². The molecule has 0 bridgehead atoms. The minimum Gasteiger partial charge on any atom is -0.360 e. The average molecular weight is 348 g/mol. The van der Waals surface area contributed by atoms with E-state index < -0.39 is 13.8 Å². The summed E-state index contributed by atoms with van der Waals surface area (Å²) in [6.45, 7) is 0. The Morgan fingerprint density at radius 1 is 1.33 bits per heavy atom. The molecule has 5 nitrogen and oxygen atoms in total. The first-order valence-electron chi connectivity index (χ1n) is 6.34. The van der Waals surface area contributed by atoms with Crippen LogP contribution in [0.3, 0.4) is 0 Å². The number of hydrogen-bond donors (Lipinski definition) is 2. The van der Waals surface area contributed by atoms with Crippen molar-refractivity contribution >= 4 is 30.8 Å². The van der Waals surface area contributed by atoms with E-state index in [0.717, 1.165) is 12.8 Å². The molecule has 0 amide bonds. The third-order valence-corrected chi connectivity index (χ3v) is 4.88. The van der Waals surface area contributed by atoms with Crippen LogP contribution >= 0.6 is 30.8 Å². The molecule has 0 radical (unpaired) electrons. The topological polar surface area (TPSA) is 83.6 Å². The third-order valence-electron chi connectivity index (χ3n) is 3.34. The zero-order valence-electron chi connectivity index (χ0n) is 10.8. The molecule has 3 rings (SSSR count). The van der Waals surface area contributed by atoms with Crippen LogP contribution in [0.2, 0.25) is 10.0 Å². The Balaban J connectivity index is 2.14. The molecular formula is C13H12Cl2NO4P. The highest BCUT2D eigenvalue weighted by molar-refractivity contribution is 7.50. The minimum atomic E-state index is -4.24. The van der Waals surface area contributed by atoms with Gasteiger partial charge in [0, 0.05) is 17.0 Å². The molecule has 0 atom stereocenters. The van der Waals surface area contributed by atoms with Gasteiger partial charge in [0.2, 0.25) is 0 Å². The lowest BCUT2D eigenvalue weighted by Crippen LogP contribution is -1.93. The quantitative estimate of drug-likeness (QED) is 0.809. The van der Waals surface area contributed by atoms with E-state index in [1.54, 1.807) is 18.2 Å². The van der Waals surface area contributed by atoms with Gasteiger partial charge in [-0.2, -0.15) is 0 Å². The molecule has 1 aliphatic carbocycles. The molecule has 0 saturated heterocycles. The molecule has 21 heavy (non-hydrogen) atoms. The zero-order chi connectivity index (χ0) is 15.2. The smallest absolute Gasteiger partial charge is 0.330 e. The summed E-state index contributed by atoms with van der Waals surface area (Å²) in [6.07, 6.45) is 1.46. The molecule has 1 aromatic carbocycles. The van der Waals surface area contributed by atoms with Crippen molar-refractivity contribution < 1.29 is 18.9 Å². The summed E-state index contributed by atoms with van der Waals surface area (Å²) in [6, 6.07) is 5.04. The van der Waals surface area contributed by atoms with Crippen molar-refractivity contribution in [3.05, 3.63) is 39.6 Å². The van der Waals surface area contributed by atoms with Crippen LogP contribution in [-0.2, 0) is 10.7 Å². The fourth-order valence-corrected chi connectivity index (χ4v) is 3.35. The molecule has 112 valence electrons. The van der Waals surface area contributed by atoms with Gasteiger partial charge in [0.1, 0.15) is 11.5 Å². The van der Waals surface area contributed by atoms with Crippen molar-refractivity contribution in [2.75, 3.05) is 0 Å². The van der Waals surface area contributed by atoms with Crippen molar-refractivity contribution in [2.24, 2.45) is 0 Å². The maximum Gasteiger partial charge on any atom is 0.330 e. The molecule has 0 spiro atoms. The van der Waals surface area contributed by atoms with Gasteiger partial charge in [-0.1, -0.05) is 40.5 Å². The highest BCUT2D eigenvalue weighted by atomic mass is 35.5. The van der Waals surface area contributed by atoms with Crippen LogP contribution in [-0.4, -0.2) is 14.9 Å². The van der Waals surface area contributed by atoms with Crippen LogP contribution in [0.4, 0.5) is 0 Å². The van der Waals surface area contributed by atoms with Crippen molar-refractivity contribution in [3.8, 4) is 11.3 Å². The highest BCUT2D eigenvalue weighted by Crippen LogP contribution is 2.50. The van der Waals surface area contributed by atoms with Crippen molar-refractivity contribution in [1.29, 1.82) is 0 Å². The van der Waals surface area contributed by atoms with Crippen molar-refractivity contribution in [3.63, 3.8) is 0 Å². The molecule has 2 aromatic rings. The Kier molecular flexibility index (Phi) is 3.89. The normalized spacial score (nSPS) is 15.4. The number of rotatable bonds is 4. The van der Waals surface area contributed by atoms with E-state index in [9.17, 15) is 14.4 Å². The minimum absolute atomic E-state index is 0.186. The number of aromatic nitrogens is 1. The second-order valence-electron chi connectivity index (χ2n) is 5.07. The molecule has 0 aliphatic heterocycles. The Morgan fingerprint density at radius 3 is 2.67 bits per heavy atom. The SMILES string of the molecule is O=P(O)(O)Cc1c(-c2cccc(Cl)c2Cl)noc1C1CC1. The molecular weight excluding hydrogens is 336 g/mol. The van der Waals surface area contributed by atoms with Gasteiger partial charge in [-0.15, -0.1) is 0 Å². The Labute approximate surface area is 131 Å². The summed E-state index contributed by atoms with van der Waals surface area (Å²) in [5, 5.41) is 4.62. The maximum atomic E-state index is 11.4. The van der Waals surface area contributed by atoms with Gasteiger partial charge < -0.3 is 14.3 Å². The molecule has 2 N–H and O–H groups in total. The first kappa shape index (κ1) is 15.1. The van der Waals surface area contributed by atoms with Gasteiger partial charge in [0.25, 0.3) is 0 Å². The van der Waals surface area contributed by atoms with Gasteiger partial charge >= 0.3 is 7.60 Å². The summed E-state index contributed by atoms with van der Waals surface area (Å²) in [5.41, 5.74) is 1.30. The fourth-order valence-electron chi connectivity index (χ4n) is 2.25. The van der Waals surface area contributed by atoms with E-state index in [1.807, 2.05) is 0 Å². The van der Waals surface area contributed by atoms with Crippen molar-refractivity contribution in [2.45, 2.75) is 24.9 Å². The standard InChI is InChI=1S/C13H12Cl2NO4P/c14-10-3-1-2-8(11(10)15)12-9(6-21(17,18)19)13(20-16-12)7-4-5-7/h1-3,7H,4-6H2,(H2,17,18,19). The van der Waals surface area contributed by atoms with Crippen molar-refractivity contribution in [1.82, 2.24) is 5.16 Å².